The summed E-state index contributed by atoms with van der Waals surface area (Å²) in [6.45, 7) is 8.98. The average molecular weight is 308 g/mol. The first-order valence-corrected chi connectivity index (χ1v) is 8.25. The number of anilines is 2. The van der Waals surface area contributed by atoms with E-state index in [0.717, 1.165) is 17.8 Å². The highest BCUT2D eigenvalue weighted by Gasteiger charge is 2.31. The zero-order chi connectivity index (χ0) is 16.6. The first kappa shape index (κ1) is 15.6. The molecule has 0 saturated carbocycles. The van der Waals surface area contributed by atoms with E-state index >= 15 is 0 Å². The number of amides is 1. The summed E-state index contributed by atoms with van der Waals surface area (Å²) < 4.78 is 0. The minimum atomic E-state index is -0.145. The third-order valence-electron chi connectivity index (χ3n) is 4.79. The van der Waals surface area contributed by atoms with Crippen molar-refractivity contribution in [1.29, 1.82) is 0 Å². The van der Waals surface area contributed by atoms with Gasteiger partial charge >= 0.3 is 0 Å². The van der Waals surface area contributed by atoms with E-state index < -0.39 is 0 Å². The van der Waals surface area contributed by atoms with Crippen LogP contribution in [0.2, 0.25) is 0 Å². The molecular weight excluding hydrogens is 284 g/mol. The van der Waals surface area contributed by atoms with Crippen LogP contribution in [0, 0.1) is 20.8 Å². The van der Waals surface area contributed by atoms with Crippen molar-refractivity contribution in [3.8, 4) is 0 Å². The maximum absolute atomic E-state index is 12.9. The molecule has 2 aromatic carbocycles. The fraction of sp³-hybridized carbons (Fsp3) is 0.350. The number of rotatable bonds is 3. The zero-order valence-corrected chi connectivity index (χ0v) is 14.3. The van der Waals surface area contributed by atoms with Gasteiger partial charge in [-0.3, -0.25) is 4.79 Å². The Kier molecular flexibility index (Phi) is 4.12. The first-order valence-electron chi connectivity index (χ1n) is 8.25. The standard InChI is InChI=1S/C20H24N2O/c1-5-17-20(23)22(12-16-9-7-6-8-13(16)2)19-11-15(4)14(3)10-18(19)21-17/h6-11,17,21H,5,12H2,1-4H3. The summed E-state index contributed by atoms with van der Waals surface area (Å²) in [5.74, 6) is 0.159. The van der Waals surface area contributed by atoms with Gasteiger partial charge in [0.25, 0.3) is 0 Å². The Balaban J connectivity index is 2.06. The number of carbonyl (C=O) groups excluding carboxylic acids is 1. The number of nitrogens with zero attached hydrogens (tertiary/aromatic N) is 1. The molecule has 3 heteroatoms. The lowest BCUT2D eigenvalue weighted by atomic mass is 10.0. The predicted octanol–water partition coefficient (Wildman–Crippen LogP) is 4.35. The van der Waals surface area contributed by atoms with E-state index in [4.69, 9.17) is 0 Å². The summed E-state index contributed by atoms with van der Waals surface area (Å²) >= 11 is 0. The number of benzene rings is 2. The van der Waals surface area contributed by atoms with Crippen LogP contribution in [0.1, 0.15) is 35.6 Å². The summed E-state index contributed by atoms with van der Waals surface area (Å²) in [6.07, 6.45) is 0.787. The lowest BCUT2D eigenvalue weighted by Gasteiger charge is -2.36. The van der Waals surface area contributed by atoms with Gasteiger partial charge in [-0.1, -0.05) is 31.2 Å². The third kappa shape index (κ3) is 2.83. The largest absolute Gasteiger partial charge is 0.372 e. The van der Waals surface area contributed by atoms with Gasteiger partial charge in [0.15, 0.2) is 0 Å². The van der Waals surface area contributed by atoms with Crippen LogP contribution in [-0.4, -0.2) is 11.9 Å². The highest BCUT2D eigenvalue weighted by Crippen LogP contribution is 2.35. The van der Waals surface area contributed by atoms with Crippen molar-refractivity contribution < 1.29 is 4.79 Å². The molecule has 3 rings (SSSR count). The van der Waals surface area contributed by atoms with E-state index in [1.807, 2.05) is 24.0 Å². The van der Waals surface area contributed by atoms with E-state index in [1.165, 1.54) is 22.3 Å². The molecule has 0 fully saturated rings. The summed E-state index contributed by atoms with van der Waals surface area (Å²) in [6, 6.07) is 12.4. The fourth-order valence-corrected chi connectivity index (χ4v) is 3.09. The van der Waals surface area contributed by atoms with Gasteiger partial charge in [-0.2, -0.15) is 0 Å². The van der Waals surface area contributed by atoms with E-state index in [9.17, 15) is 4.79 Å². The molecule has 1 atom stereocenters. The van der Waals surface area contributed by atoms with Crippen LogP contribution in [0.25, 0.3) is 0 Å². The summed E-state index contributed by atoms with van der Waals surface area (Å²) in [5.41, 5.74) is 6.93. The maximum atomic E-state index is 12.9. The predicted molar refractivity (Wildman–Crippen MR) is 96.0 cm³/mol. The van der Waals surface area contributed by atoms with Gasteiger partial charge in [-0.05, 0) is 61.6 Å². The van der Waals surface area contributed by atoms with Crippen molar-refractivity contribution in [2.24, 2.45) is 0 Å². The Labute approximate surface area is 138 Å². The Hall–Kier alpha value is -2.29. The smallest absolute Gasteiger partial charge is 0.249 e. The van der Waals surface area contributed by atoms with Gasteiger partial charge in [0.05, 0.1) is 17.9 Å². The number of fused-ring (bicyclic) bond motifs is 1. The van der Waals surface area contributed by atoms with E-state index in [2.05, 4.69) is 50.4 Å². The van der Waals surface area contributed by atoms with Crippen LogP contribution in [0.4, 0.5) is 11.4 Å². The van der Waals surface area contributed by atoms with Crippen LogP contribution in [0.15, 0.2) is 36.4 Å². The molecule has 2 aromatic rings. The average Bonchev–Trinajstić information content (AvgIpc) is 2.53. The molecule has 1 unspecified atom stereocenters. The molecule has 1 N–H and O–H groups in total. The molecule has 1 heterocycles. The molecule has 120 valence electrons. The Bertz CT molecular complexity index is 751. The number of aryl methyl sites for hydroxylation is 3. The molecule has 1 aliphatic heterocycles. The highest BCUT2D eigenvalue weighted by atomic mass is 16.2. The van der Waals surface area contributed by atoms with E-state index in [0.29, 0.717) is 6.54 Å². The molecular formula is C20H24N2O. The molecule has 1 aliphatic rings. The van der Waals surface area contributed by atoms with Gasteiger partial charge in [-0.25, -0.2) is 0 Å². The number of hydrogen-bond donors (Lipinski definition) is 1. The first-order chi connectivity index (χ1) is 11.0. The molecule has 0 spiro atoms. The lowest BCUT2D eigenvalue weighted by Crippen LogP contribution is -2.46. The van der Waals surface area contributed by atoms with E-state index in [-0.39, 0.29) is 11.9 Å². The molecule has 1 amide bonds. The Morgan fingerprint density at radius 1 is 1.04 bits per heavy atom. The minimum Gasteiger partial charge on any atom is -0.372 e. The SMILES string of the molecule is CCC1Nc2cc(C)c(C)cc2N(Cc2ccccc2C)C1=O. The summed E-state index contributed by atoms with van der Waals surface area (Å²) in [7, 11) is 0. The van der Waals surface area contributed by atoms with Gasteiger partial charge in [0.2, 0.25) is 5.91 Å². The molecule has 0 bridgehead atoms. The van der Waals surface area contributed by atoms with Crippen molar-refractivity contribution in [1.82, 2.24) is 0 Å². The third-order valence-corrected chi connectivity index (χ3v) is 4.79. The minimum absolute atomic E-state index is 0.145. The van der Waals surface area contributed by atoms with Gasteiger partial charge in [0.1, 0.15) is 6.04 Å². The molecule has 0 aromatic heterocycles. The van der Waals surface area contributed by atoms with E-state index in [1.54, 1.807) is 0 Å². The molecule has 23 heavy (non-hydrogen) atoms. The Morgan fingerprint density at radius 2 is 1.74 bits per heavy atom. The van der Waals surface area contributed by atoms with Gasteiger partial charge < -0.3 is 10.2 Å². The summed E-state index contributed by atoms with van der Waals surface area (Å²) in [4.78, 5) is 14.8. The van der Waals surface area contributed by atoms with Gasteiger partial charge in [0, 0.05) is 0 Å². The molecule has 3 nitrogen and oxygen atoms in total. The van der Waals surface area contributed by atoms with Crippen LogP contribution in [0.5, 0.6) is 0 Å². The van der Waals surface area contributed by atoms with Crippen molar-refractivity contribution >= 4 is 17.3 Å². The quantitative estimate of drug-likeness (QED) is 0.914. The topological polar surface area (TPSA) is 32.3 Å². The second-order valence-corrected chi connectivity index (χ2v) is 6.41. The lowest BCUT2D eigenvalue weighted by molar-refractivity contribution is -0.119. The van der Waals surface area contributed by atoms with Crippen LogP contribution in [0.3, 0.4) is 0 Å². The molecule has 0 radical (unpaired) electrons. The van der Waals surface area contributed by atoms with Gasteiger partial charge in [-0.15, -0.1) is 0 Å². The number of hydrogen-bond acceptors (Lipinski definition) is 2. The van der Waals surface area contributed by atoms with Crippen LogP contribution >= 0.6 is 0 Å². The Morgan fingerprint density at radius 3 is 2.43 bits per heavy atom. The number of carbonyl (C=O) groups is 1. The monoisotopic (exact) mass is 308 g/mol. The second kappa shape index (κ2) is 6.07. The molecule has 0 saturated heterocycles. The highest BCUT2D eigenvalue weighted by molar-refractivity contribution is 6.05. The fourth-order valence-electron chi connectivity index (χ4n) is 3.09. The second-order valence-electron chi connectivity index (χ2n) is 6.41. The van der Waals surface area contributed by atoms with Crippen molar-refractivity contribution in [2.75, 3.05) is 10.2 Å². The van der Waals surface area contributed by atoms with Crippen molar-refractivity contribution in [3.63, 3.8) is 0 Å². The number of nitrogens with one attached hydrogen (secondary N) is 1. The normalized spacial score (nSPS) is 17.0. The van der Waals surface area contributed by atoms with Crippen molar-refractivity contribution in [3.05, 3.63) is 58.7 Å². The van der Waals surface area contributed by atoms with Crippen molar-refractivity contribution in [2.45, 2.75) is 46.7 Å². The summed E-state index contributed by atoms with van der Waals surface area (Å²) in [5, 5.41) is 3.40. The maximum Gasteiger partial charge on any atom is 0.249 e. The zero-order valence-electron chi connectivity index (χ0n) is 14.3. The molecule has 0 aliphatic carbocycles. The van der Waals surface area contributed by atoms with Crippen LogP contribution < -0.4 is 10.2 Å². The van der Waals surface area contributed by atoms with Crippen LogP contribution in [-0.2, 0) is 11.3 Å².